The van der Waals surface area contributed by atoms with Gasteiger partial charge in [0.25, 0.3) is 0 Å². The molecule has 0 spiro atoms. The van der Waals surface area contributed by atoms with Crippen LogP contribution in [0.25, 0.3) is 0 Å². The molecule has 0 aliphatic rings. The van der Waals surface area contributed by atoms with Gasteiger partial charge in [-0.3, -0.25) is 0 Å². The maximum atomic E-state index is 9.00. The zero-order valence-electron chi connectivity index (χ0n) is 9.28. The molecule has 0 saturated carbocycles. The number of hydrogen-bond acceptors (Lipinski definition) is 3. The Morgan fingerprint density at radius 3 is 2.50 bits per heavy atom. The second-order valence-electron chi connectivity index (χ2n) is 3.78. The lowest BCUT2D eigenvalue weighted by Crippen LogP contribution is -2.26. The Labute approximate surface area is 85.4 Å². The second-order valence-corrected chi connectivity index (χ2v) is 3.78. The minimum absolute atomic E-state index is 0.0600. The lowest BCUT2D eigenvalue weighted by atomic mass is 10.2. The highest BCUT2D eigenvalue weighted by molar-refractivity contribution is 5.41. The first-order valence-electron chi connectivity index (χ1n) is 4.86. The number of aryl methyl sites for hydroxylation is 1. The molecule has 0 amide bonds. The molecule has 3 heteroatoms. The topological polar surface area (TPSA) is 36.4 Å². The van der Waals surface area contributed by atoms with Gasteiger partial charge in [0.1, 0.15) is 5.82 Å². The lowest BCUT2D eigenvalue weighted by molar-refractivity contribution is 0.280. The minimum atomic E-state index is 0.0600. The van der Waals surface area contributed by atoms with E-state index >= 15 is 0 Å². The van der Waals surface area contributed by atoms with Crippen molar-refractivity contribution < 1.29 is 5.11 Å². The van der Waals surface area contributed by atoms with Gasteiger partial charge in [0, 0.05) is 18.8 Å². The molecule has 78 valence electrons. The molecule has 1 N–H and O–H groups in total. The van der Waals surface area contributed by atoms with Crippen molar-refractivity contribution in [3.63, 3.8) is 0 Å². The number of rotatable bonds is 3. The van der Waals surface area contributed by atoms with Gasteiger partial charge in [-0.15, -0.1) is 0 Å². The highest BCUT2D eigenvalue weighted by atomic mass is 16.3. The molecule has 0 atom stereocenters. The van der Waals surface area contributed by atoms with E-state index in [0.29, 0.717) is 6.04 Å². The van der Waals surface area contributed by atoms with E-state index in [-0.39, 0.29) is 6.61 Å². The third-order valence-corrected chi connectivity index (χ3v) is 2.49. The van der Waals surface area contributed by atoms with Gasteiger partial charge in [-0.1, -0.05) is 6.07 Å². The van der Waals surface area contributed by atoms with Crippen molar-refractivity contribution >= 4 is 5.82 Å². The number of aliphatic hydroxyl groups excluding tert-OH is 1. The number of aliphatic hydroxyl groups is 1. The maximum Gasteiger partial charge on any atom is 0.128 e. The number of anilines is 1. The second kappa shape index (κ2) is 4.42. The quantitative estimate of drug-likeness (QED) is 0.796. The molecule has 0 aromatic carbocycles. The van der Waals surface area contributed by atoms with Crippen molar-refractivity contribution in [2.75, 3.05) is 11.9 Å². The Kier molecular flexibility index (Phi) is 3.47. The molecular formula is C11H18N2O. The van der Waals surface area contributed by atoms with Crippen LogP contribution >= 0.6 is 0 Å². The number of pyridine rings is 1. The first kappa shape index (κ1) is 11.0. The fourth-order valence-corrected chi connectivity index (χ4v) is 1.20. The molecule has 1 aromatic heterocycles. The summed E-state index contributed by atoms with van der Waals surface area (Å²) in [5.41, 5.74) is 1.79. The first-order valence-corrected chi connectivity index (χ1v) is 4.86. The molecule has 0 saturated heterocycles. The van der Waals surface area contributed by atoms with E-state index in [1.165, 1.54) is 0 Å². The standard InChI is InChI=1S/C11H18N2O/c1-8(2)13(4)11-6-5-10(7-14)9(3)12-11/h5-6,8,14H,7H2,1-4H3. The van der Waals surface area contributed by atoms with Crippen molar-refractivity contribution in [2.45, 2.75) is 33.4 Å². The third kappa shape index (κ3) is 2.23. The van der Waals surface area contributed by atoms with Crippen molar-refractivity contribution in [3.05, 3.63) is 23.4 Å². The highest BCUT2D eigenvalue weighted by Crippen LogP contribution is 2.15. The van der Waals surface area contributed by atoms with Gasteiger partial charge in [-0.2, -0.15) is 0 Å². The zero-order chi connectivity index (χ0) is 10.7. The summed E-state index contributed by atoms with van der Waals surface area (Å²) in [6, 6.07) is 4.30. The minimum Gasteiger partial charge on any atom is -0.392 e. The van der Waals surface area contributed by atoms with Crippen LogP contribution in [0.4, 0.5) is 5.82 Å². The van der Waals surface area contributed by atoms with Crippen LogP contribution in [0.1, 0.15) is 25.1 Å². The Hall–Kier alpha value is -1.09. The molecule has 0 fully saturated rings. The number of hydrogen-bond donors (Lipinski definition) is 1. The van der Waals surface area contributed by atoms with Crippen LogP contribution in [0.15, 0.2) is 12.1 Å². The van der Waals surface area contributed by atoms with Gasteiger partial charge in [-0.05, 0) is 32.4 Å². The van der Waals surface area contributed by atoms with Crippen LogP contribution in [-0.2, 0) is 6.61 Å². The molecule has 0 aliphatic heterocycles. The van der Waals surface area contributed by atoms with Gasteiger partial charge in [0.2, 0.25) is 0 Å². The van der Waals surface area contributed by atoms with Gasteiger partial charge in [0.15, 0.2) is 0 Å². The SMILES string of the molecule is Cc1nc(N(C)C(C)C)ccc1CO. The van der Waals surface area contributed by atoms with Crippen molar-refractivity contribution in [2.24, 2.45) is 0 Å². The van der Waals surface area contributed by atoms with Crippen molar-refractivity contribution in [1.29, 1.82) is 0 Å². The molecule has 14 heavy (non-hydrogen) atoms. The average molecular weight is 194 g/mol. The van der Waals surface area contributed by atoms with E-state index in [9.17, 15) is 0 Å². The fraction of sp³-hybridized carbons (Fsp3) is 0.545. The van der Waals surface area contributed by atoms with Crippen LogP contribution in [0.3, 0.4) is 0 Å². The average Bonchev–Trinajstić information content (AvgIpc) is 2.16. The Balaban J connectivity index is 2.96. The van der Waals surface area contributed by atoms with Crippen molar-refractivity contribution in [3.8, 4) is 0 Å². The normalized spacial score (nSPS) is 10.7. The van der Waals surface area contributed by atoms with Crippen LogP contribution in [0, 0.1) is 6.92 Å². The summed E-state index contributed by atoms with van der Waals surface area (Å²) in [7, 11) is 2.02. The van der Waals surface area contributed by atoms with Crippen LogP contribution in [-0.4, -0.2) is 23.2 Å². The van der Waals surface area contributed by atoms with E-state index in [2.05, 4.69) is 23.7 Å². The smallest absolute Gasteiger partial charge is 0.128 e. The summed E-state index contributed by atoms with van der Waals surface area (Å²) in [6.07, 6.45) is 0. The fourth-order valence-electron chi connectivity index (χ4n) is 1.20. The van der Waals surface area contributed by atoms with E-state index in [1.54, 1.807) is 0 Å². The van der Waals surface area contributed by atoms with Crippen LogP contribution < -0.4 is 4.90 Å². The van der Waals surface area contributed by atoms with E-state index < -0.39 is 0 Å². The summed E-state index contributed by atoms with van der Waals surface area (Å²) in [5.74, 6) is 0.953. The summed E-state index contributed by atoms with van der Waals surface area (Å²) >= 11 is 0. The van der Waals surface area contributed by atoms with Gasteiger partial charge in [-0.25, -0.2) is 4.98 Å². The maximum absolute atomic E-state index is 9.00. The summed E-state index contributed by atoms with van der Waals surface area (Å²) in [6.45, 7) is 6.22. The van der Waals surface area contributed by atoms with Crippen molar-refractivity contribution in [1.82, 2.24) is 4.98 Å². The molecule has 0 aliphatic carbocycles. The summed E-state index contributed by atoms with van der Waals surface area (Å²) < 4.78 is 0. The third-order valence-electron chi connectivity index (χ3n) is 2.49. The first-order chi connectivity index (χ1) is 6.56. The van der Waals surface area contributed by atoms with Crippen LogP contribution in [0.2, 0.25) is 0 Å². The summed E-state index contributed by atoms with van der Waals surface area (Å²) in [5, 5.41) is 9.00. The largest absolute Gasteiger partial charge is 0.392 e. The molecule has 0 unspecified atom stereocenters. The monoisotopic (exact) mass is 194 g/mol. The van der Waals surface area contributed by atoms with Crippen LogP contribution in [0.5, 0.6) is 0 Å². The molecule has 0 bridgehead atoms. The Bertz CT molecular complexity index is 310. The number of aromatic nitrogens is 1. The van der Waals surface area contributed by atoms with E-state index in [4.69, 9.17) is 5.11 Å². The molecule has 1 rings (SSSR count). The van der Waals surface area contributed by atoms with Gasteiger partial charge < -0.3 is 10.0 Å². The van der Waals surface area contributed by atoms with Gasteiger partial charge >= 0.3 is 0 Å². The van der Waals surface area contributed by atoms with Gasteiger partial charge in [0.05, 0.1) is 6.61 Å². The van der Waals surface area contributed by atoms with E-state index in [0.717, 1.165) is 17.1 Å². The zero-order valence-corrected chi connectivity index (χ0v) is 9.28. The molecular weight excluding hydrogens is 176 g/mol. The summed E-state index contributed by atoms with van der Waals surface area (Å²) in [4.78, 5) is 6.54. The molecule has 1 heterocycles. The molecule has 1 aromatic rings. The highest BCUT2D eigenvalue weighted by Gasteiger charge is 2.07. The predicted molar refractivity (Wildman–Crippen MR) is 58.4 cm³/mol. The molecule has 3 nitrogen and oxygen atoms in total. The van der Waals surface area contributed by atoms with E-state index in [1.807, 2.05) is 26.1 Å². The molecule has 0 radical (unpaired) electrons. The Morgan fingerprint density at radius 2 is 2.07 bits per heavy atom. The predicted octanol–water partition coefficient (Wildman–Crippen LogP) is 1.73. The Morgan fingerprint density at radius 1 is 1.43 bits per heavy atom. The number of nitrogens with zero attached hydrogens (tertiary/aromatic N) is 2. The lowest BCUT2D eigenvalue weighted by Gasteiger charge is -2.23.